The van der Waals surface area contributed by atoms with Crippen molar-refractivity contribution >= 4 is 11.2 Å². The van der Waals surface area contributed by atoms with Crippen molar-refractivity contribution in [3.63, 3.8) is 0 Å². The van der Waals surface area contributed by atoms with Crippen molar-refractivity contribution in [1.82, 2.24) is 19.9 Å². The van der Waals surface area contributed by atoms with Crippen LogP contribution in [-0.4, -0.2) is 19.9 Å². The van der Waals surface area contributed by atoms with Gasteiger partial charge in [-0.15, -0.1) is 0 Å². The van der Waals surface area contributed by atoms with E-state index in [0.717, 1.165) is 0 Å². The Hall–Kier alpha value is -1.58. The van der Waals surface area contributed by atoms with Crippen molar-refractivity contribution in [2.45, 2.75) is 0 Å². The van der Waals surface area contributed by atoms with Crippen LogP contribution in [0.1, 0.15) is 5.82 Å². The van der Waals surface area contributed by atoms with Crippen LogP contribution in [0.25, 0.3) is 11.2 Å². The first-order chi connectivity index (χ1) is 5.36. The Balaban J connectivity index is 2.83. The number of hydrogen-bond acceptors (Lipinski definition) is 4. The number of hydrogen-bond donors (Lipinski definition) is 0. The second kappa shape index (κ2) is 2.23. The molecule has 0 bridgehead atoms. The van der Waals surface area contributed by atoms with Crippen LogP contribution in [0, 0.1) is 6.92 Å². The van der Waals surface area contributed by atoms with Crippen LogP contribution in [0.15, 0.2) is 18.6 Å². The van der Waals surface area contributed by atoms with Crippen LogP contribution in [-0.2, 0) is 0 Å². The Morgan fingerprint density at radius 3 is 2.82 bits per heavy atom. The molecule has 0 spiro atoms. The molecule has 0 aliphatic carbocycles. The molecule has 11 heavy (non-hydrogen) atoms. The lowest BCUT2D eigenvalue weighted by molar-refractivity contribution is 1.10. The fraction of sp³-hybridized carbons (Fsp3) is 0. The van der Waals surface area contributed by atoms with Crippen LogP contribution in [0.5, 0.6) is 0 Å². The van der Waals surface area contributed by atoms with Gasteiger partial charge in [0.2, 0.25) is 0 Å². The SMILES string of the molecule is [CH2]c1ncc2nccnc2n1. The lowest BCUT2D eigenvalue weighted by Gasteiger charge is -1.93. The van der Waals surface area contributed by atoms with E-state index in [-0.39, 0.29) is 0 Å². The minimum atomic E-state index is 0.470. The molecule has 4 nitrogen and oxygen atoms in total. The predicted octanol–water partition coefficient (Wildman–Crippen LogP) is 0.602. The van der Waals surface area contributed by atoms with E-state index in [4.69, 9.17) is 0 Å². The normalized spacial score (nSPS) is 10.3. The third-order valence-electron chi connectivity index (χ3n) is 1.28. The maximum absolute atomic E-state index is 4.01. The molecule has 2 aromatic heterocycles. The van der Waals surface area contributed by atoms with Crippen molar-refractivity contribution in [1.29, 1.82) is 0 Å². The number of fused-ring (bicyclic) bond motifs is 1. The van der Waals surface area contributed by atoms with Crippen LogP contribution in [0.4, 0.5) is 0 Å². The third kappa shape index (κ3) is 1.02. The molecule has 53 valence electrons. The molecular weight excluding hydrogens is 140 g/mol. The van der Waals surface area contributed by atoms with Gasteiger partial charge >= 0.3 is 0 Å². The zero-order valence-corrected chi connectivity index (χ0v) is 5.73. The molecule has 0 amide bonds. The molecule has 0 saturated heterocycles. The van der Waals surface area contributed by atoms with E-state index in [2.05, 4.69) is 26.9 Å². The van der Waals surface area contributed by atoms with E-state index in [1.54, 1.807) is 18.6 Å². The Bertz CT molecular complexity index is 385. The molecular formula is C7H5N4. The molecule has 4 heteroatoms. The molecule has 0 atom stereocenters. The Morgan fingerprint density at radius 2 is 1.91 bits per heavy atom. The zero-order chi connectivity index (χ0) is 7.68. The first-order valence-electron chi connectivity index (χ1n) is 3.12. The van der Waals surface area contributed by atoms with Gasteiger partial charge in [-0.05, 0) is 0 Å². The second-order valence-electron chi connectivity index (χ2n) is 2.05. The van der Waals surface area contributed by atoms with Gasteiger partial charge in [-0.2, -0.15) is 0 Å². The fourth-order valence-corrected chi connectivity index (χ4v) is 0.805. The van der Waals surface area contributed by atoms with Crippen molar-refractivity contribution in [3.8, 4) is 0 Å². The Kier molecular flexibility index (Phi) is 1.25. The maximum Gasteiger partial charge on any atom is 0.181 e. The van der Waals surface area contributed by atoms with Gasteiger partial charge in [0.1, 0.15) is 11.3 Å². The highest BCUT2D eigenvalue weighted by atomic mass is 15.0. The first-order valence-corrected chi connectivity index (χ1v) is 3.12. The summed E-state index contributed by atoms with van der Waals surface area (Å²) in [5, 5.41) is 0. The van der Waals surface area contributed by atoms with Crippen molar-refractivity contribution in [2.24, 2.45) is 0 Å². The minimum absolute atomic E-state index is 0.470. The van der Waals surface area contributed by atoms with Gasteiger partial charge in [0.05, 0.1) is 6.20 Å². The quantitative estimate of drug-likeness (QED) is 0.544. The highest BCUT2D eigenvalue weighted by Crippen LogP contribution is 2.01. The standard InChI is InChI=1S/C7H5N4/c1-5-10-4-6-7(11-5)9-3-2-8-6/h2-4H,1H2. The van der Waals surface area contributed by atoms with Crippen LogP contribution in [0.3, 0.4) is 0 Å². The molecule has 2 aromatic rings. The van der Waals surface area contributed by atoms with Gasteiger partial charge in [0.15, 0.2) is 5.65 Å². The van der Waals surface area contributed by atoms with Crippen LogP contribution < -0.4 is 0 Å². The van der Waals surface area contributed by atoms with Gasteiger partial charge in [0, 0.05) is 19.3 Å². The lowest BCUT2D eigenvalue weighted by Crippen LogP contribution is -1.91. The van der Waals surface area contributed by atoms with E-state index < -0.39 is 0 Å². The Labute approximate surface area is 63.4 Å². The molecule has 2 heterocycles. The maximum atomic E-state index is 4.01. The van der Waals surface area contributed by atoms with Crippen LogP contribution in [0.2, 0.25) is 0 Å². The zero-order valence-electron chi connectivity index (χ0n) is 5.73. The van der Waals surface area contributed by atoms with Crippen LogP contribution >= 0.6 is 0 Å². The largest absolute Gasteiger partial charge is 0.250 e. The summed E-state index contributed by atoms with van der Waals surface area (Å²) in [4.78, 5) is 15.9. The summed E-state index contributed by atoms with van der Waals surface area (Å²) in [5.74, 6) is 0.470. The molecule has 0 N–H and O–H groups in total. The monoisotopic (exact) mass is 145 g/mol. The Morgan fingerprint density at radius 1 is 1.09 bits per heavy atom. The molecule has 0 aliphatic rings. The third-order valence-corrected chi connectivity index (χ3v) is 1.28. The minimum Gasteiger partial charge on any atom is -0.250 e. The second-order valence-corrected chi connectivity index (χ2v) is 2.05. The van der Waals surface area contributed by atoms with E-state index >= 15 is 0 Å². The number of rotatable bonds is 0. The van der Waals surface area contributed by atoms with E-state index in [1.807, 2.05) is 0 Å². The highest BCUT2D eigenvalue weighted by molar-refractivity contribution is 5.67. The molecule has 0 unspecified atom stereocenters. The summed E-state index contributed by atoms with van der Waals surface area (Å²) in [5.41, 5.74) is 1.28. The molecule has 0 saturated carbocycles. The summed E-state index contributed by atoms with van der Waals surface area (Å²) in [7, 11) is 0. The first kappa shape index (κ1) is 6.15. The summed E-state index contributed by atoms with van der Waals surface area (Å²) < 4.78 is 0. The molecule has 2 rings (SSSR count). The molecule has 0 aliphatic heterocycles. The predicted molar refractivity (Wildman–Crippen MR) is 39.6 cm³/mol. The van der Waals surface area contributed by atoms with E-state index in [9.17, 15) is 0 Å². The molecule has 0 fully saturated rings. The van der Waals surface area contributed by atoms with Crippen molar-refractivity contribution in [2.75, 3.05) is 0 Å². The lowest BCUT2D eigenvalue weighted by atomic mass is 10.5. The molecule has 1 radical (unpaired) electrons. The number of aromatic nitrogens is 4. The van der Waals surface area contributed by atoms with Crippen molar-refractivity contribution < 1.29 is 0 Å². The average molecular weight is 145 g/mol. The summed E-state index contributed by atoms with van der Waals surface area (Å²) in [6, 6.07) is 0. The van der Waals surface area contributed by atoms with Gasteiger partial charge in [-0.25, -0.2) is 19.9 Å². The number of nitrogens with zero attached hydrogens (tertiary/aromatic N) is 4. The molecule has 0 aromatic carbocycles. The average Bonchev–Trinajstić information content (AvgIpc) is 2.04. The summed E-state index contributed by atoms with van der Waals surface area (Å²) in [6.07, 6.45) is 4.81. The van der Waals surface area contributed by atoms with E-state index in [1.165, 1.54) is 0 Å². The fourth-order valence-electron chi connectivity index (χ4n) is 0.805. The van der Waals surface area contributed by atoms with Gasteiger partial charge in [0.25, 0.3) is 0 Å². The summed E-state index contributed by atoms with van der Waals surface area (Å²) >= 11 is 0. The topological polar surface area (TPSA) is 51.6 Å². The van der Waals surface area contributed by atoms with Gasteiger partial charge in [-0.1, -0.05) is 0 Å². The van der Waals surface area contributed by atoms with Gasteiger partial charge in [-0.3, -0.25) is 0 Å². The van der Waals surface area contributed by atoms with Gasteiger partial charge < -0.3 is 0 Å². The smallest absolute Gasteiger partial charge is 0.181 e. The van der Waals surface area contributed by atoms with Crippen molar-refractivity contribution in [3.05, 3.63) is 31.3 Å². The summed E-state index contributed by atoms with van der Waals surface area (Å²) in [6.45, 7) is 3.58. The highest BCUT2D eigenvalue weighted by Gasteiger charge is 1.95. The van der Waals surface area contributed by atoms with E-state index in [0.29, 0.717) is 17.0 Å².